The van der Waals surface area contributed by atoms with Gasteiger partial charge >= 0.3 is 0 Å². The van der Waals surface area contributed by atoms with E-state index in [1.807, 2.05) is 13.8 Å². The van der Waals surface area contributed by atoms with Crippen LogP contribution in [0.25, 0.3) is 0 Å². The normalized spacial score (nSPS) is 15.8. The summed E-state index contributed by atoms with van der Waals surface area (Å²) in [7, 11) is -7.41. The molecule has 0 N–H and O–H groups in total. The topological polar surface area (TPSA) is 76.5 Å². The predicted octanol–water partition coefficient (Wildman–Crippen LogP) is 3.87. The minimum Gasteiger partial charge on any atom is -0.246 e. The van der Waals surface area contributed by atoms with Gasteiger partial charge in [0, 0.05) is 25.0 Å². The Kier molecular flexibility index (Phi) is 5.81. The third kappa shape index (κ3) is 4.20. The molecule has 8 heteroatoms. The first-order chi connectivity index (χ1) is 14.7. The summed E-state index contributed by atoms with van der Waals surface area (Å²) in [6.07, 6.45) is 3.51. The predicted molar refractivity (Wildman–Crippen MR) is 120 cm³/mol. The molecule has 0 radical (unpaired) electrons. The third-order valence-electron chi connectivity index (χ3n) is 5.70. The van der Waals surface area contributed by atoms with Crippen molar-refractivity contribution in [2.24, 2.45) is 0 Å². The maximum absolute atomic E-state index is 13.2. The van der Waals surface area contributed by atoms with Gasteiger partial charge in [0.05, 0.1) is 9.79 Å². The third-order valence-corrected chi connectivity index (χ3v) is 9.29. The van der Waals surface area contributed by atoms with E-state index in [1.165, 1.54) is 8.28 Å². The molecule has 6 nitrogen and oxygen atoms in total. The molecule has 0 unspecified atom stereocenters. The Morgan fingerprint density at radius 1 is 0.710 bits per heavy atom. The van der Waals surface area contributed by atoms with E-state index in [0.717, 1.165) is 16.7 Å². The van der Waals surface area contributed by atoms with Gasteiger partial charge in [0.1, 0.15) is 0 Å². The van der Waals surface area contributed by atoms with Crippen LogP contribution < -0.4 is 0 Å². The minimum atomic E-state index is -3.74. The molecule has 0 aliphatic carbocycles. The van der Waals surface area contributed by atoms with Gasteiger partial charge in [0.2, 0.25) is 10.0 Å². The molecular formula is C23H26N2O4S2. The van der Waals surface area contributed by atoms with Crippen LogP contribution >= 0.6 is 0 Å². The molecule has 0 fully saturated rings. The van der Waals surface area contributed by atoms with Crippen molar-refractivity contribution in [1.29, 1.82) is 0 Å². The van der Waals surface area contributed by atoms with Crippen molar-refractivity contribution in [3.05, 3.63) is 83.2 Å². The summed E-state index contributed by atoms with van der Waals surface area (Å²) < 4.78 is 55.7. The number of fused-ring (bicyclic) bond motifs is 1. The van der Waals surface area contributed by atoms with Crippen LogP contribution in [0.2, 0.25) is 0 Å². The van der Waals surface area contributed by atoms with E-state index in [0.29, 0.717) is 31.5 Å². The van der Waals surface area contributed by atoms with Crippen LogP contribution in [0.3, 0.4) is 0 Å². The maximum Gasteiger partial charge on any atom is 0.267 e. The molecule has 1 aliphatic heterocycles. The van der Waals surface area contributed by atoms with Crippen molar-refractivity contribution in [3.8, 4) is 0 Å². The minimum absolute atomic E-state index is 0.155. The summed E-state index contributed by atoms with van der Waals surface area (Å²) in [6, 6.07) is 15.3. The van der Waals surface area contributed by atoms with Crippen LogP contribution in [0.4, 0.5) is 0 Å². The lowest BCUT2D eigenvalue weighted by atomic mass is 10.1. The Morgan fingerprint density at radius 3 is 1.84 bits per heavy atom. The van der Waals surface area contributed by atoms with Gasteiger partial charge in [-0.25, -0.2) is 20.8 Å². The Labute approximate surface area is 184 Å². The monoisotopic (exact) mass is 458 g/mol. The fourth-order valence-electron chi connectivity index (χ4n) is 3.86. The summed E-state index contributed by atoms with van der Waals surface area (Å²) in [4.78, 5) is 0.481. The second-order valence-corrected chi connectivity index (χ2v) is 11.8. The van der Waals surface area contributed by atoms with Gasteiger partial charge < -0.3 is 0 Å². The highest BCUT2D eigenvalue weighted by molar-refractivity contribution is 7.90. The van der Waals surface area contributed by atoms with Crippen LogP contribution in [0.1, 0.15) is 35.2 Å². The average Bonchev–Trinajstić information content (AvgIpc) is 3.10. The van der Waals surface area contributed by atoms with Gasteiger partial charge in [-0.2, -0.15) is 4.31 Å². The summed E-state index contributed by atoms with van der Waals surface area (Å²) >= 11 is 0. The van der Waals surface area contributed by atoms with E-state index in [9.17, 15) is 16.8 Å². The van der Waals surface area contributed by atoms with Gasteiger partial charge in [-0.1, -0.05) is 35.4 Å². The summed E-state index contributed by atoms with van der Waals surface area (Å²) in [6.45, 7) is 4.38. The van der Waals surface area contributed by atoms with Gasteiger partial charge in [-0.15, -0.1) is 0 Å². The molecule has 31 heavy (non-hydrogen) atoms. The zero-order chi connectivity index (χ0) is 22.2. The van der Waals surface area contributed by atoms with Crippen LogP contribution in [-0.2, 0) is 33.0 Å². The SMILES string of the molecule is Cc1ccc(S(=O)(=O)N2CCCCc3c(ccn3S(=O)(=O)c3ccc(C)cc3)C2)cc1. The fourth-order valence-corrected chi connectivity index (χ4v) is 6.75. The molecule has 0 amide bonds. The van der Waals surface area contributed by atoms with E-state index in [4.69, 9.17) is 0 Å². The first-order valence-corrected chi connectivity index (χ1v) is 13.2. The molecule has 1 aliphatic rings. The first kappa shape index (κ1) is 21.8. The van der Waals surface area contributed by atoms with Crippen molar-refractivity contribution < 1.29 is 16.8 Å². The van der Waals surface area contributed by atoms with Crippen LogP contribution in [0.15, 0.2) is 70.6 Å². The molecule has 0 saturated heterocycles. The Bertz CT molecular complexity index is 1290. The molecule has 2 aromatic carbocycles. The quantitative estimate of drug-likeness (QED) is 0.595. The number of hydrogen-bond donors (Lipinski definition) is 0. The van der Waals surface area contributed by atoms with Crippen molar-refractivity contribution in [1.82, 2.24) is 8.28 Å². The van der Waals surface area contributed by atoms with Gasteiger partial charge in [-0.3, -0.25) is 0 Å². The zero-order valence-electron chi connectivity index (χ0n) is 17.7. The van der Waals surface area contributed by atoms with Crippen LogP contribution in [0.5, 0.6) is 0 Å². The van der Waals surface area contributed by atoms with Crippen LogP contribution in [0, 0.1) is 13.8 Å². The largest absolute Gasteiger partial charge is 0.267 e. The molecule has 0 saturated carbocycles. The molecule has 0 bridgehead atoms. The summed E-state index contributed by atoms with van der Waals surface area (Å²) in [5, 5.41) is 0. The molecule has 2 heterocycles. The Balaban J connectivity index is 1.71. The lowest BCUT2D eigenvalue weighted by Gasteiger charge is -2.25. The number of aromatic nitrogens is 1. The number of hydrogen-bond acceptors (Lipinski definition) is 4. The van der Waals surface area contributed by atoms with Gasteiger partial charge in [0.25, 0.3) is 10.0 Å². The van der Waals surface area contributed by atoms with Crippen molar-refractivity contribution >= 4 is 20.0 Å². The molecule has 3 aromatic rings. The molecule has 164 valence electrons. The first-order valence-electron chi connectivity index (χ1n) is 10.3. The van der Waals surface area contributed by atoms with Gasteiger partial charge in [-0.05, 0) is 69.0 Å². The Hall–Kier alpha value is -2.42. The second kappa shape index (κ2) is 8.26. The highest BCUT2D eigenvalue weighted by atomic mass is 32.2. The fraction of sp³-hybridized carbons (Fsp3) is 0.304. The summed E-state index contributed by atoms with van der Waals surface area (Å²) in [5.41, 5.74) is 3.36. The highest BCUT2D eigenvalue weighted by Gasteiger charge is 2.29. The zero-order valence-corrected chi connectivity index (χ0v) is 19.3. The van der Waals surface area contributed by atoms with Gasteiger partial charge in [0.15, 0.2) is 0 Å². The average molecular weight is 459 g/mol. The standard InChI is InChI=1S/C23H26N2O4S2/c1-18-6-10-21(11-7-18)30(26,27)24-15-4-3-5-23-20(17-24)14-16-25(23)31(28,29)22-12-8-19(2)9-13-22/h6-14,16H,3-5,15,17H2,1-2H3. The van der Waals surface area contributed by atoms with E-state index >= 15 is 0 Å². The van der Waals surface area contributed by atoms with E-state index in [2.05, 4.69) is 0 Å². The lowest BCUT2D eigenvalue weighted by molar-refractivity contribution is 0.385. The van der Waals surface area contributed by atoms with Crippen molar-refractivity contribution in [3.63, 3.8) is 0 Å². The van der Waals surface area contributed by atoms with Crippen LogP contribution in [-0.4, -0.2) is 31.7 Å². The number of nitrogens with zero attached hydrogens (tertiary/aromatic N) is 2. The maximum atomic E-state index is 13.2. The molecule has 0 spiro atoms. The van der Waals surface area contributed by atoms with E-state index < -0.39 is 20.0 Å². The number of rotatable bonds is 4. The number of benzene rings is 2. The number of aryl methyl sites for hydroxylation is 2. The molecule has 4 rings (SSSR count). The molecule has 0 atom stereocenters. The van der Waals surface area contributed by atoms with E-state index in [-0.39, 0.29) is 16.3 Å². The molecular weight excluding hydrogens is 432 g/mol. The lowest BCUT2D eigenvalue weighted by Crippen LogP contribution is -2.33. The van der Waals surface area contributed by atoms with Crippen molar-refractivity contribution in [2.45, 2.75) is 49.4 Å². The summed E-state index contributed by atoms with van der Waals surface area (Å²) in [5.74, 6) is 0. The van der Waals surface area contributed by atoms with Crippen molar-refractivity contribution in [2.75, 3.05) is 6.54 Å². The smallest absolute Gasteiger partial charge is 0.246 e. The Morgan fingerprint density at radius 2 is 1.26 bits per heavy atom. The van der Waals surface area contributed by atoms with E-state index in [1.54, 1.807) is 60.8 Å². The highest BCUT2D eigenvalue weighted by Crippen LogP contribution is 2.27. The second-order valence-electron chi connectivity index (χ2n) is 8.01. The molecule has 1 aromatic heterocycles. The number of sulfonamides is 1.